The van der Waals surface area contributed by atoms with Crippen molar-refractivity contribution in [3.05, 3.63) is 90.3 Å². The van der Waals surface area contributed by atoms with Gasteiger partial charge < -0.3 is 23.7 Å². The topological polar surface area (TPSA) is 133 Å². The molecule has 11 heteroatoms. The summed E-state index contributed by atoms with van der Waals surface area (Å²) < 4.78 is 22.1. The van der Waals surface area contributed by atoms with Crippen molar-refractivity contribution < 1.29 is 28.5 Å². The molecule has 0 bridgehead atoms. The fourth-order valence-corrected chi connectivity index (χ4v) is 4.04. The minimum absolute atomic E-state index is 0.0363. The molecule has 1 N–H and O–H groups in total. The van der Waals surface area contributed by atoms with Crippen LogP contribution in [0.5, 0.6) is 11.8 Å². The zero-order valence-electron chi connectivity index (χ0n) is 20.1. The van der Waals surface area contributed by atoms with Gasteiger partial charge in [-0.15, -0.1) is 10.2 Å². The summed E-state index contributed by atoms with van der Waals surface area (Å²) in [5.41, 5.74) is -0.0870. The molecule has 1 aliphatic heterocycles. The van der Waals surface area contributed by atoms with E-state index in [1.165, 1.54) is 20.3 Å². The van der Waals surface area contributed by atoms with Crippen molar-refractivity contribution in [3.8, 4) is 23.5 Å². The number of hydrogen-bond donors (Lipinski definition) is 1. The van der Waals surface area contributed by atoms with Crippen molar-refractivity contribution >= 4 is 11.8 Å². The predicted octanol–water partition coefficient (Wildman–Crippen LogP) is 3.42. The first-order chi connectivity index (χ1) is 17.9. The fourth-order valence-electron chi connectivity index (χ4n) is 4.04. The number of ether oxygens (including phenoxy) is 3. The van der Waals surface area contributed by atoms with Gasteiger partial charge in [-0.3, -0.25) is 0 Å². The van der Waals surface area contributed by atoms with Crippen molar-refractivity contribution in [1.82, 2.24) is 25.1 Å². The molecule has 2 aromatic heterocycles. The van der Waals surface area contributed by atoms with Crippen LogP contribution in [0.3, 0.4) is 0 Å². The molecule has 0 aliphatic carbocycles. The summed E-state index contributed by atoms with van der Waals surface area (Å²) >= 11 is 0. The van der Waals surface area contributed by atoms with Gasteiger partial charge in [0, 0.05) is 12.1 Å². The van der Waals surface area contributed by atoms with E-state index in [1.807, 2.05) is 36.4 Å². The third kappa shape index (κ3) is 4.36. The third-order valence-electron chi connectivity index (χ3n) is 5.91. The number of methoxy groups -OCH3 is 2. The molecule has 0 saturated carbocycles. The Morgan fingerprint density at radius 1 is 1.03 bits per heavy atom. The number of hydrogen-bond acceptors (Lipinski definition) is 10. The zero-order valence-corrected chi connectivity index (χ0v) is 20.1. The summed E-state index contributed by atoms with van der Waals surface area (Å²) in [5.74, 6) is 0.259. The maximum Gasteiger partial charge on any atom is 0.417 e. The Kier molecular flexibility index (Phi) is 6.28. The highest BCUT2D eigenvalue weighted by molar-refractivity contribution is 5.84. The number of cyclic esters (lactones) is 1. The minimum Gasteiger partial charge on any atom is -0.481 e. The van der Waals surface area contributed by atoms with E-state index < -0.39 is 17.9 Å². The van der Waals surface area contributed by atoms with Crippen LogP contribution >= 0.6 is 0 Å². The second-order valence-electron chi connectivity index (χ2n) is 8.16. The molecule has 1 amide bonds. The summed E-state index contributed by atoms with van der Waals surface area (Å²) in [6.45, 7) is 4.02. The first kappa shape index (κ1) is 23.9. The lowest BCUT2D eigenvalue weighted by atomic mass is 9.92. The van der Waals surface area contributed by atoms with E-state index in [-0.39, 0.29) is 41.5 Å². The van der Waals surface area contributed by atoms with E-state index in [4.69, 9.17) is 18.6 Å². The molecule has 0 spiro atoms. The Morgan fingerprint density at radius 3 is 2.27 bits per heavy atom. The van der Waals surface area contributed by atoms with E-state index in [2.05, 4.69) is 26.7 Å². The second kappa shape index (κ2) is 9.70. The average Bonchev–Trinajstić information content (AvgIpc) is 3.53. The van der Waals surface area contributed by atoms with E-state index in [9.17, 15) is 9.90 Å². The van der Waals surface area contributed by atoms with Crippen molar-refractivity contribution in [2.75, 3.05) is 14.2 Å². The lowest BCUT2D eigenvalue weighted by Crippen LogP contribution is -2.44. The number of carbonyl (C=O) groups is 1. The van der Waals surface area contributed by atoms with Crippen molar-refractivity contribution in [2.24, 2.45) is 0 Å². The molecule has 2 atom stereocenters. The molecule has 2 aromatic carbocycles. The molecule has 0 radical (unpaired) electrons. The van der Waals surface area contributed by atoms with Gasteiger partial charge in [0.15, 0.2) is 6.23 Å². The molecule has 5 rings (SSSR count). The van der Waals surface area contributed by atoms with Crippen LogP contribution in [0.25, 0.3) is 17.4 Å². The SMILES string of the molecule is C=C(c1ccccc1)N1C(=O)O[C@](Cc2ccccc2)(c2nnc(-c3nc(OC)cc(OC)n3)o2)C1O. The number of amides is 1. The van der Waals surface area contributed by atoms with Crippen LogP contribution in [0.1, 0.15) is 17.0 Å². The highest BCUT2D eigenvalue weighted by Crippen LogP contribution is 2.43. The van der Waals surface area contributed by atoms with Crippen molar-refractivity contribution in [2.45, 2.75) is 18.2 Å². The molecule has 188 valence electrons. The molecule has 3 heterocycles. The van der Waals surface area contributed by atoms with Gasteiger partial charge in [-0.25, -0.2) is 9.69 Å². The molecule has 1 aliphatic rings. The Balaban J connectivity index is 1.58. The monoisotopic (exact) mass is 501 g/mol. The van der Waals surface area contributed by atoms with Crippen LogP contribution < -0.4 is 9.47 Å². The summed E-state index contributed by atoms with van der Waals surface area (Å²) in [5, 5.41) is 19.8. The Morgan fingerprint density at radius 2 is 1.65 bits per heavy atom. The van der Waals surface area contributed by atoms with Crippen LogP contribution in [-0.4, -0.2) is 56.7 Å². The van der Waals surface area contributed by atoms with Gasteiger partial charge in [0.1, 0.15) is 0 Å². The van der Waals surface area contributed by atoms with Crippen LogP contribution in [0.4, 0.5) is 4.79 Å². The number of aromatic nitrogens is 4. The van der Waals surface area contributed by atoms with E-state index in [0.717, 1.165) is 10.5 Å². The number of aliphatic hydroxyl groups is 1. The third-order valence-corrected chi connectivity index (χ3v) is 5.91. The van der Waals surface area contributed by atoms with Gasteiger partial charge >= 0.3 is 6.09 Å². The van der Waals surface area contributed by atoms with Crippen LogP contribution in [0.2, 0.25) is 0 Å². The standard InChI is InChI=1S/C26H23N5O6/c1-16(18-12-8-5-9-13-18)31-24(32)26(37-25(31)33,15-17-10-6-4-7-11-17)23-30-29-22(36-23)21-27-19(34-2)14-20(28-21)35-3/h4-14,24,32H,1,15H2,2-3H3/t24?,26-/m1/s1. The van der Waals surface area contributed by atoms with E-state index in [0.29, 0.717) is 5.56 Å². The summed E-state index contributed by atoms with van der Waals surface area (Å²) in [6, 6.07) is 19.7. The molecule has 1 fully saturated rings. The Labute approximate surface area is 212 Å². The van der Waals surface area contributed by atoms with Crippen LogP contribution in [-0.2, 0) is 16.8 Å². The fraction of sp³-hybridized carbons (Fsp3) is 0.192. The Hall–Kier alpha value is -4.77. The maximum atomic E-state index is 13.2. The van der Waals surface area contributed by atoms with Gasteiger partial charge in [-0.05, 0) is 11.1 Å². The molecule has 1 saturated heterocycles. The highest BCUT2D eigenvalue weighted by atomic mass is 16.6. The van der Waals surface area contributed by atoms with Gasteiger partial charge in [-0.2, -0.15) is 9.97 Å². The zero-order chi connectivity index (χ0) is 26.0. The van der Waals surface area contributed by atoms with Gasteiger partial charge in [0.05, 0.1) is 20.3 Å². The first-order valence-electron chi connectivity index (χ1n) is 11.2. The predicted molar refractivity (Wildman–Crippen MR) is 130 cm³/mol. The molecule has 1 unspecified atom stereocenters. The first-order valence-corrected chi connectivity index (χ1v) is 11.2. The summed E-state index contributed by atoms with van der Waals surface area (Å²) in [4.78, 5) is 22.7. The summed E-state index contributed by atoms with van der Waals surface area (Å²) in [7, 11) is 2.89. The van der Waals surface area contributed by atoms with Gasteiger partial charge in [-0.1, -0.05) is 67.2 Å². The van der Waals surface area contributed by atoms with Crippen molar-refractivity contribution in [1.29, 1.82) is 0 Å². The van der Waals surface area contributed by atoms with Crippen LogP contribution in [0.15, 0.2) is 77.7 Å². The molecular formula is C26H23N5O6. The molecule has 4 aromatic rings. The highest BCUT2D eigenvalue weighted by Gasteiger charge is 2.59. The van der Waals surface area contributed by atoms with E-state index >= 15 is 0 Å². The average molecular weight is 501 g/mol. The number of nitrogens with zero attached hydrogens (tertiary/aromatic N) is 5. The summed E-state index contributed by atoms with van der Waals surface area (Å²) in [6.07, 6.45) is -2.30. The molecule has 11 nitrogen and oxygen atoms in total. The maximum absolute atomic E-state index is 13.2. The quantitative estimate of drug-likeness (QED) is 0.383. The van der Waals surface area contributed by atoms with Gasteiger partial charge in [0.25, 0.3) is 11.8 Å². The lowest BCUT2D eigenvalue weighted by Gasteiger charge is -2.29. The van der Waals surface area contributed by atoms with E-state index in [1.54, 1.807) is 24.3 Å². The Bertz CT molecular complexity index is 1410. The number of carbonyl (C=O) groups excluding carboxylic acids is 1. The normalized spacial score (nSPS) is 18.9. The minimum atomic E-state index is -1.75. The smallest absolute Gasteiger partial charge is 0.417 e. The lowest BCUT2D eigenvalue weighted by molar-refractivity contribution is -0.0744. The number of aliphatic hydroxyl groups excluding tert-OH is 1. The second-order valence-corrected chi connectivity index (χ2v) is 8.16. The number of benzene rings is 2. The van der Waals surface area contributed by atoms with Crippen molar-refractivity contribution in [3.63, 3.8) is 0 Å². The largest absolute Gasteiger partial charge is 0.481 e. The molecule has 37 heavy (non-hydrogen) atoms. The number of rotatable bonds is 8. The van der Waals surface area contributed by atoms with Crippen LogP contribution in [0, 0.1) is 0 Å². The molecular weight excluding hydrogens is 478 g/mol. The van der Waals surface area contributed by atoms with Gasteiger partial charge in [0.2, 0.25) is 23.2 Å².